The average Bonchev–Trinajstić information content (AvgIpc) is 2.08. The lowest BCUT2D eigenvalue weighted by atomic mass is 10.5. The van der Waals surface area contributed by atoms with E-state index in [1.165, 1.54) is 7.05 Å². The van der Waals surface area contributed by atoms with Gasteiger partial charge in [0.1, 0.15) is 11.5 Å². The van der Waals surface area contributed by atoms with E-state index in [0.29, 0.717) is 0 Å². The minimum absolute atomic E-state index is 0.0135. The first kappa shape index (κ1) is 8.38. The highest BCUT2D eigenvalue weighted by atomic mass is 16.2. The molecule has 1 aromatic heterocycles. The zero-order valence-electron chi connectivity index (χ0n) is 6.84. The van der Waals surface area contributed by atoms with Gasteiger partial charge in [-0.2, -0.15) is 0 Å². The molecule has 0 aliphatic carbocycles. The second kappa shape index (κ2) is 2.72. The predicted molar refractivity (Wildman–Crippen MR) is 46.3 cm³/mol. The van der Waals surface area contributed by atoms with Crippen LogP contribution in [0.2, 0.25) is 0 Å². The molecule has 0 amide bonds. The molecule has 0 saturated carbocycles. The van der Waals surface area contributed by atoms with Crippen molar-refractivity contribution in [2.24, 2.45) is 7.05 Å². The number of nitrogens with two attached hydrogens (primary N) is 1. The molecule has 0 spiro atoms. The molecule has 0 aliphatic heterocycles. The summed E-state index contributed by atoms with van der Waals surface area (Å²) in [5, 5.41) is 2.61. The monoisotopic (exact) mass is 170 g/mol. The molecular formula is C6H10N4O2. The molecule has 6 nitrogen and oxygen atoms in total. The molecule has 0 aliphatic rings. The van der Waals surface area contributed by atoms with Crippen LogP contribution >= 0.6 is 0 Å². The molecule has 6 heteroatoms. The van der Waals surface area contributed by atoms with Crippen molar-refractivity contribution in [1.29, 1.82) is 0 Å². The fraction of sp³-hybridized carbons (Fsp3) is 0.333. The van der Waals surface area contributed by atoms with Crippen molar-refractivity contribution in [2.75, 3.05) is 18.1 Å². The zero-order chi connectivity index (χ0) is 9.30. The van der Waals surface area contributed by atoms with Gasteiger partial charge in [-0.1, -0.05) is 0 Å². The molecular weight excluding hydrogens is 160 g/mol. The summed E-state index contributed by atoms with van der Waals surface area (Å²) in [4.78, 5) is 24.5. The lowest BCUT2D eigenvalue weighted by Crippen LogP contribution is -2.34. The highest BCUT2D eigenvalue weighted by Gasteiger charge is 2.05. The Balaban J connectivity index is 3.61. The van der Waals surface area contributed by atoms with Crippen molar-refractivity contribution in [3.63, 3.8) is 0 Å². The van der Waals surface area contributed by atoms with Crippen LogP contribution in [-0.4, -0.2) is 16.6 Å². The third-order valence-electron chi connectivity index (χ3n) is 1.59. The molecule has 0 radical (unpaired) electrons. The van der Waals surface area contributed by atoms with E-state index < -0.39 is 11.2 Å². The Kier molecular flexibility index (Phi) is 1.90. The van der Waals surface area contributed by atoms with Crippen molar-refractivity contribution in [2.45, 2.75) is 0 Å². The van der Waals surface area contributed by atoms with Gasteiger partial charge in [0.05, 0.1) is 0 Å². The zero-order valence-corrected chi connectivity index (χ0v) is 6.84. The average molecular weight is 170 g/mol. The fourth-order valence-electron chi connectivity index (χ4n) is 0.835. The second-order valence-corrected chi connectivity index (χ2v) is 2.33. The van der Waals surface area contributed by atoms with Gasteiger partial charge in [-0.25, -0.2) is 4.79 Å². The number of hydrogen-bond donors (Lipinski definition) is 3. The lowest BCUT2D eigenvalue weighted by molar-refractivity contribution is 0.782. The molecule has 12 heavy (non-hydrogen) atoms. The first-order valence-corrected chi connectivity index (χ1v) is 3.34. The van der Waals surface area contributed by atoms with E-state index in [0.717, 1.165) is 4.57 Å². The van der Waals surface area contributed by atoms with Gasteiger partial charge in [0.2, 0.25) is 0 Å². The van der Waals surface area contributed by atoms with E-state index in [2.05, 4.69) is 10.3 Å². The summed E-state index contributed by atoms with van der Waals surface area (Å²) < 4.78 is 0.913. The minimum Gasteiger partial charge on any atom is -0.391 e. The topological polar surface area (TPSA) is 92.9 Å². The quantitative estimate of drug-likeness (QED) is 0.488. The largest absolute Gasteiger partial charge is 0.391 e. The van der Waals surface area contributed by atoms with Crippen molar-refractivity contribution in [3.05, 3.63) is 20.8 Å². The van der Waals surface area contributed by atoms with Crippen molar-refractivity contribution in [1.82, 2.24) is 9.55 Å². The molecule has 1 heterocycles. The number of rotatable bonds is 1. The smallest absolute Gasteiger partial charge is 0.329 e. The van der Waals surface area contributed by atoms with E-state index in [-0.39, 0.29) is 11.5 Å². The molecule has 0 saturated heterocycles. The molecule has 66 valence electrons. The van der Waals surface area contributed by atoms with Crippen LogP contribution in [-0.2, 0) is 7.05 Å². The van der Waals surface area contributed by atoms with Crippen molar-refractivity contribution >= 4 is 11.5 Å². The van der Waals surface area contributed by atoms with E-state index in [1.807, 2.05) is 0 Å². The van der Waals surface area contributed by atoms with Crippen LogP contribution in [0.15, 0.2) is 9.59 Å². The summed E-state index contributed by atoms with van der Waals surface area (Å²) >= 11 is 0. The van der Waals surface area contributed by atoms with Crippen LogP contribution in [0, 0.1) is 0 Å². The maximum absolute atomic E-state index is 11.1. The molecule has 0 bridgehead atoms. The Morgan fingerprint density at radius 2 is 2.08 bits per heavy atom. The standard InChI is InChI=1S/C6H10N4O2/c1-8-4-3(7)5(11)10(2)6(12)9-4/h8H,7H2,1-2H3,(H,9,12). The van der Waals surface area contributed by atoms with Crippen LogP contribution in [0.4, 0.5) is 11.5 Å². The van der Waals surface area contributed by atoms with Crippen LogP contribution in [0.25, 0.3) is 0 Å². The summed E-state index contributed by atoms with van der Waals surface area (Å²) in [5.74, 6) is 0.253. The van der Waals surface area contributed by atoms with Gasteiger partial charge >= 0.3 is 5.69 Å². The summed E-state index contributed by atoms with van der Waals surface area (Å²) in [6.45, 7) is 0. The van der Waals surface area contributed by atoms with Crippen molar-refractivity contribution < 1.29 is 0 Å². The van der Waals surface area contributed by atoms with Gasteiger partial charge in [0.25, 0.3) is 5.56 Å². The number of anilines is 2. The summed E-state index contributed by atoms with van der Waals surface area (Å²) in [6, 6.07) is 0. The van der Waals surface area contributed by atoms with Gasteiger partial charge in [0.15, 0.2) is 0 Å². The fourth-order valence-corrected chi connectivity index (χ4v) is 0.835. The lowest BCUT2D eigenvalue weighted by Gasteiger charge is -2.04. The predicted octanol–water partition coefficient (Wildman–Crippen LogP) is -1.30. The Labute approximate surface area is 68.0 Å². The molecule has 0 atom stereocenters. The van der Waals surface area contributed by atoms with Crippen LogP contribution in [0.3, 0.4) is 0 Å². The molecule has 1 aromatic rings. The second-order valence-electron chi connectivity index (χ2n) is 2.33. The maximum Gasteiger partial charge on any atom is 0.329 e. The van der Waals surface area contributed by atoms with E-state index >= 15 is 0 Å². The van der Waals surface area contributed by atoms with Gasteiger partial charge in [0, 0.05) is 14.1 Å². The number of H-pyrrole nitrogens is 1. The Morgan fingerprint density at radius 1 is 1.50 bits per heavy atom. The molecule has 4 N–H and O–H groups in total. The van der Waals surface area contributed by atoms with Gasteiger partial charge in [-0.3, -0.25) is 14.3 Å². The van der Waals surface area contributed by atoms with E-state index in [1.54, 1.807) is 7.05 Å². The van der Waals surface area contributed by atoms with Crippen molar-refractivity contribution in [3.8, 4) is 0 Å². The highest BCUT2D eigenvalue weighted by Crippen LogP contribution is 2.03. The molecule has 1 rings (SSSR count). The Morgan fingerprint density at radius 3 is 2.58 bits per heavy atom. The number of nitrogens with zero attached hydrogens (tertiary/aromatic N) is 1. The van der Waals surface area contributed by atoms with Crippen LogP contribution < -0.4 is 22.3 Å². The highest BCUT2D eigenvalue weighted by molar-refractivity contribution is 5.58. The number of hydrogen-bond acceptors (Lipinski definition) is 4. The van der Waals surface area contributed by atoms with Gasteiger partial charge < -0.3 is 11.1 Å². The molecule has 0 unspecified atom stereocenters. The number of nitrogens with one attached hydrogen (secondary N) is 2. The van der Waals surface area contributed by atoms with E-state index in [9.17, 15) is 9.59 Å². The SMILES string of the molecule is CNc1[nH]c(=O)n(C)c(=O)c1N. The summed E-state index contributed by atoms with van der Waals surface area (Å²) in [6.07, 6.45) is 0. The summed E-state index contributed by atoms with van der Waals surface area (Å²) in [7, 11) is 2.93. The Hall–Kier alpha value is -1.72. The van der Waals surface area contributed by atoms with E-state index in [4.69, 9.17) is 5.73 Å². The van der Waals surface area contributed by atoms with Crippen LogP contribution in [0.1, 0.15) is 0 Å². The number of nitrogen functional groups attached to an aromatic ring is 1. The minimum atomic E-state index is -0.497. The molecule has 0 aromatic carbocycles. The van der Waals surface area contributed by atoms with Crippen LogP contribution in [0.5, 0.6) is 0 Å². The third kappa shape index (κ3) is 1.07. The third-order valence-corrected chi connectivity index (χ3v) is 1.59. The molecule has 0 fully saturated rings. The Bertz CT molecular complexity index is 403. The maximum atomic E-state index is 11.1. The number of aromatic nitrogens is 2. The first-order valence-electron chi connectivity index (χ1n) is 3.34. The summed E-state index contributed by atoms with van der Waals surface area (Å²) in [5.41, 5.74) is 4.43. The number of aromatic amines is 1. The normalized spacial score (nSPS) is 9.83. The van der Waals surface area contributed by atoms with Gasteiger partial charge in [-0.05, 0) is 0 Å². The first-order chi connectivity index (χ1) is 5.57. The van der Waals surface area contributed by atoms with Gasteiger partial charge in [-0.15, -0.1) is 0 Å².